The van der Waals surface area contributed by atoms with Crippen molar-refractivity contribution in [2.45, 2.75) is 65.5 Å². The van der Waals surface area contributed by atoms with Crippen LogP contribution >= 0.6 is 0 Å². The molecule has 2 unspecified atom stereocenters. The van der Waals surface area contributed by atoms with E-state index < -0.39 is 0 Å². The summed E-state index contributed by atoms with van der Waals surface area (Å²) in [6, 6.07) is 8.28. The maximum absolute atomic E-state index is 13.6. The highest BCUT2D eigenvalue weighted by atomic mass is 19.1. The minimum atomic E-state index is -0.311. The molecule has 2 amide bonds. The summed E-state index contributed by atoms with van der Waals surface area (Å²) in [5.74, 6) is -0.441. The molecule has 3 rings (SSSR count). The van der Waals surface area contributed by atoms with E-state index in [1.165, 1.54) is 12.1 Å². The minimum absolute atomic E-state index is 0.0172. The van der Waals surface area contributed by atoms with Gasteiger partial charge < -0.3 is 15.2 Å². The van der Waals surface area contributed by atoms with Crippen LogP contribution in [0.2, 0.25) is 0 Å². The van der Waals surface area contributed by atoms with E-state index in [2.05, 4.69) is 10.6 Å². The molecule has 1 aliphatic carbocycles. The second kappa shape index (κ2) is 8.80. The van der Waals surface area contributed by atoms with E-state index in [0.29, 0.717) is 17.7 Å². The van der Waals surface area contributed by atoms with E-state index in [1.54, 1.807) is 6.07 Å². The van der Waals surface area contributed by atoms with Gasteiger partial charge in [-0.2, -0.15) is 0 Å². The van der Waals surface area contributed by atoms with Gasteiger partial charge in [0, 0.05) is 35.1 Å². The van der Waals surface area contributed by atoms with Crippen molar-refractivity contribution in [3.63, 3.8) is 0 Å². The summed E-state index contributed by atoms with van der Waals surface area (Å²) in [4.78, 5) is 25.3. The summed E-state index contributed by atoms with van der Waals surface area (Å²) >= 11 is 0. The van der Waals surface area contributed by atoms with Crippen LogP contribution in [0.25, 0.3) is 5.69 Å². The van der Waals surface area contributed by atoms with E-state index in [0.717, 1.165) is 30.7 Å². The molecule has 1 fully saturated rings. The average molecular weight is 400 g/mol. The predicted molar refractivity (Wildman–Crippen MR) is 112 cm³/mol. The van der Waals surface area contributed by atoms with Gasteiger partial charge in [0.15, 0.2) is 0 Å². The summed E-state index contributed by atoms with van der Waals surface area (Å²) in [6.45, 7) is 7.68. The average Bonchev–Trinajstić information content (AvgIpc) is 2.95. The van der Waals surface area contributed by atoms with Crippen molar-refractivity contribution in [1.82, 2.24) is 15.2 Å². The third-order valence-electron chi connectivity index (χ3n) is 5.55. The molecule has 1 aromatic heterocycles. The van der Waals surface area contributed by atoms with Gasteiger partial charge in [0.25, 0.3) is 5.91 Å². The molecule has 1 aromatic carbocycles. The second-order valence-electron chi connectivity index (χ2n) is 8.30. The molecular weight excluding hydrogens is 369 g/mol. The lowest BCUT2D eigenvalue weighted by molar-refractivity contribution is -0.126. The molecule has 2 atom stereocenters. The van der Waals surface area contributed by atoms with Crippen LogP contribution in [0.4, 0.5) is 4.39 Å². The summed E-state index contributed by atoms with van der Waals surface area (Å²) in [7, 11) is 0. The molecule has 1 aliphatic rings. The van der Waals surface area contributed by atoms with Crippen molar-refractivity contribution < 1.29 is 14.0 Å². The molecule has 0 radical (unpaired) electrons. The van der Waals surface area contributed by atoms with E-state index >= 15 is 0 Å². The van der Waals surface area contributed by atoms with Crippen molar-refractivity contribution >= 4 is 11.8 Å². The highest BCUT2D eigenvalue weighted by molar-refractivity contribution is 5.96. The minimum Gasteiger partial charge on any atom is -0.354 e. The topological polar surface area (TPSA) is 63.1 Å². The summed E-state index contributed by atoms with van der Waals surface area (Å²) < 4.78 is 15.5. The van der Waals surface area contributed by atoms with E-state index in [1.807, 2.05) is 44.4 Å². The quantitative estimate of drug-likeness (QED) is 0.797. The Morgan fingerprint density at radius 3 is 2.62 bits per heavy atom. The first-order chi connectivity index (χ1) is 13.8. The molecule has 0 saturated heterocycles. The molecule has 2 N–H and O–H groups in total. The van der Waals surface area contributed by atoms with Crippen LogP contribution in [0.15, 0.2) is 30.3 Å². The number of hydrogen-bond acceptors (Lipinski definition) is 2. The van der Waals surface area contributed by atoms with Gasteiger partial charge in [-0.25, -0.2) is 4.39 Å². The number of aryl methyl sites for hydroxylation is 1. The van der Waals surface area contributed by atoms with Gasteiger partial charge in [-0.15, -0.1) is 0 Å². The SMILES string of the molecule is Cc1cc(C(=O)NC2CCCC(C(=O)NC(C)C)C2)c(C)n1-c1cccc(F)c1. The van der Waals surface area contributed by atoms with Crippen LogP contribution in [0.5, 0.6) is 0 Å². The Hall–Kier alpha value is -2.63. The molecule has 0 spiro atoms. The monoisotopic (exact) mass is 399 g/mol. The van der Waals surface area contributed by atoms with Crippen molar-refractivity contribution in [2.24, 2.45) is 5.92 Å². The lowest BCUT2D eigenvalue weighted by atomic mass is 9.85. The van der Waals surface area contributed by atoms with Crippen LogP contribution in [0, 0.1) is 25.6 Å². The van der Waals surface area contributed by atoms with E-state index in [4.69, 9.17) is 0 Å². The van der Waals surface area contributed by atoms with E-state index in [9.17, 15) is 14.0 Å². The van der Waals surface area contributed by atoms with Gasteiger partial charge >= 0.3 is 0 Å². The third-order valence-corrected chi connectivity index (χ3v) is 5.55. The van der Waals surface area contributed by atoms with Gasteiger partial charge in [0.05, 0.1) is 5.56 Å². The van der Waals surface area contributed by atoms with Crippen LogP contribution in [-0.2, 0) is 4.79 Å². The number of nitrogens with one attached hydrogen (secondary N) is 2. The molecule has 5 nitrogen and oxygen atoms in total. The Bertz CT molecular complexity index is 904. The number of nitrogens with zero attached hydrogens (tertiary/aromatic N) is 1. The lowest BCUT2D eigenvalue weighted by Crippen LogP contribution is -2.43. The first-order valence-electron chi connectivity index (χ1n) is 10.3. The zero-order chi connectivity index (χ0) is 21.1. The molecule has 0 aliphatic heterocycles. The number of hydrogen-bond donors (Lipinski definition) is 2. The number of rotatable bonds is 5. The molecule has 29 heavy (non-hydrogen) atoms. The molecule has 6 heteroatoms. The lowest BCUT2D eigenvalue weighted by Gasteiger charge is -2.29. The van der Waals surface area contributed by atoms with Crippen LogP contribution in [0.3, 0.4) is 0 Å². The second-order valence-corrected chi connectivity index (χ2v) is 8.30. The zero-order valence-corrected chi connectivity index (χ0v) is 17.6. The first-order valence-corrected chi connectivity index (χ1v) is 10.3. The molecular formula is C23H30FN3O2. The maximum atomic E-state index is 13.6. The highest BCUT2D eigenvalue weighted by Gasteiger charge is 2.29. The highest BCUT2D eigenvalue weighted by Crippen LogP contribution is 2.26. The molecule has 0 bridgehead atoms. The fourth-order valence-electron chi connectivity index (χ4n) is 4.23. The fraction of sp³-hybridized carbons (Fsp3) is 0.478. The summed E-state index contributed by atoms with van der Waals surface area (Å²) in [6.07, 6.45) is 3.31. The molecule has 1 heterocycles. The molecule has 156 valence electrons. The number of carbonyl (C=O) groups excluding carboxylic acids is 2. The number of carbonyl (C=O) groups is 2. The Morgan fingerprint density at radius 1 is 1.17 bits per heavy atom. The predicted octanol–water partition coefficient (Wildman–Crippen LogP) is 4.05. The largest absolute Gasteiger partial charge is 0.354 e. The Balaban J connectivity index is 1.73. The van der Waals surface area contributed by atoms with Gasteiger partial charge in [-0.1, -0.05) is 12.5 Å². The van der Waals surface area contributed by atoms with Gasteiger partial charge in [-0.05, 0) is 71.2 Å². The standard InChI is InChI=1S/C23H30FN3O2/c1-14(2)25-22(28)17-7-5-9-19(12-17)26-23(29)21-11-15(3)27(16(21)4)20-10-6-8-18(24)13-20/h6,8,10-11,13-14,17,19H,5,7,9,12H2,1-4H3,(H,25,28)(H,26,29). The van der Waals surface area contributed by atoms with E-state index in [-0.39, 0.29) is 35.6 Å². The first kappa shape index (κ1) is 21.1. The van der Waals surface area contributed by atoms with Crippen molar-refractivity contribution in [2.75, 3.05) is 0 Å². The summed E-state index contributed by atoms with van der Waals surface area (Å²) in [5, 5.41) is 6.09. The van der Waals surface area contributed by atoms with Crippen LogP contribution < -0.4 is 10.6 Å². The third kappa shape index (κ3) is 4.86. The molecule has 1 saturated carbocycles. The Labute approximate surface area is 171 Å². The number of aromatic nitrogens is 1. The number of amides is 2. The smallest absolute Gasteiger partial charge is 0.253 e. The summed E-state index contributed by atoms with van der Waals surface area (Å²) in [5.41, 5.74) is 2.93. The number of halogens is 1. The van der Waals surface area contributed by atoms with Crippen molar-refractivity contribution in [3.05, 3.63) is 53.1 Å². The van der Waals surface area contributed by atoms with Crippen LogP contribution in [0.1, 0.15) is 61.3 Å². The number of benzene rings is 1. The van der Waals surface area contributed by atoms with Crippen molar-refractivity contribution in [3.8, 4) is 5.69 Å². The molecule has 2 aromatic rings. The zero-order valence-electron chi connectivity index (χ0n) is 17.6. The Kier molecular flexibility index (Phi) is 6.40. The Morgan fingerprint density at radius 2 is 1.93 bits per heavy atom. The van der Waals surface area contributed by atoms with Gasteiger partial charge in [0.1, 0.15) is 5.82 Å². The van der Waals surface area contributed by atoms with Crippen molar-refractivity contribution in [1.29, 1.82) is 0 Å². The fourth-order valence-corrected chi connectivity index (χ4v) is 4.23. The van der Waals surface area contributed by atoms with Gasteiger partial charge in [-0.3, -0.25) is 9.59 Å². The van der Waals surface area contributed by atoms with Gasteiger partial charge in [0.2, 0.25) is 5.91 Å². The maximum Gasteiger partial charge on any atom is 0.253 e. The normalized spacial score (nSPS) is 19.2. The van der Waals surface area contributed by atoms with Crippen LogP contribution in [-0.4, -0.2) is 28.5 Å².